The van der Waals surface area contributed by atoms with Gasteiger partial charge in [0.1, 0.15) is 11.5 Å². The fourth-order valence-corrected chi connectivity index (χ4v) is 3.55. The Morgan fingerprint density at radius 2 is 2.00 bits per heavy atom. The van der Waals surface area contributed by atoms with E-state index in [2.05, 4.69) is 20.5 Å². The lowest BCUT2D eigenvalue weighted by atomic mass is 9.91. The molecular weight excluding hydrogens is 338 g/mol. The highest BCUT2D eigenvalue weighted by atomic mass is 35.5. The first-order valence-electron chi connectivity index (χ1n) is 8.51. The van der Waals surface area contributed by atoms with Gasteiger partial charge in [0, 0.05) is 25.5 Å². The summed E-state index contributed by atoms with van der Waals surface area (Å²) in [6, 6.07) is 10.0. The molecule has 0 atom stereocenters. The van der Waals surface area contributed by atoms with Gasteiger partial charge in [-0.1, -0.05) is 0 Å². The Labute approximate surface area is 153 Å². The van der Waals surface area contributed by atoms with Crippen LogP contribution in [0.3, 0.4) is 0 Å². The Balaban J connectivity index is 0.00000182. The number of pyridine rings is 1. The summed E-state index contributed by atoms with van der Waals surface area (Å²) in [5, 5.41) is 11.0. The van der Waals surface area contributed by atoms with E-state index in [9.17, 15) is 5.11 Å². The highest BCUT2D eigenvalue weighted by Crippen LogP contribution is 2.27. The molecule has 1 N–H and O–H groups in total. The Morgan fingerprint density at radius 3 is 2.72 bits per heavy atom. The smallest absolute Gasteiger partial charge is 0.118 e. The number of likely N-dealkylation sites (tertiary alicyclic amines) is 1. The van der Waals surface area contributed by atoms with Crippen LogP contribution < -0.4 is 0 Å². The zero-order chi connectivity index (χ0) is 16.6. The van der Waals surface area contributed by atoms with Gasteiger partial charge in [0.15, 0.2) is 0 Å². The lowest BCUT2D eigenvalue weighted by Crippen LogP contribution is -2.46. The lowest BCUT2D eigenvalue weighted by Gasteiger charge is -2.38. The molecular formula is C19H24ClN3O2. The first-order valence-corrected chi connectivity index (χ1v) is 8.51. The molecule has 4 heterocycles. The molecule has 1 aliphatic rings. The van der Waals surface area contributed by atoms with E-state index in [1.807, 2.05) is 37.4 Å². The minimum atomic E-state index is -0.655. The SMILES string of the molecule is Cc1ccc(CN2CCC(O)(Cn3ccc4ncccc43)CC2)o1.Cl. The van der Waals surface area contributed by atoms with E-state index >= 15 is 0 Å². The van der Waals surface area contributed by atoms with Gasteiger partial charge in [-0.2, -0.15) is 0 Å². The summed E-state index contributed by atoms with van der Waals surface area (Å²) >= 11 is 0. The van der Waals surface area contributed by atoms with Crippen LogP contribution in [0.15, 0.2) is 47.1 Å². The second-order valence-corrected chi connectivity index (χ2v) is 6.86. The highest BCUT2D eigenvalue weighted by Gasteiger charge is 2.33. The Morgan fingerprint density at radius 1 is 1.20 bits per heavy atom. The number of hydrogen-bond acceptors (Lipinski definition) is 4. The van der Waals surface area contributed by atoms with Crippen molar-refractivity contribution in [2.75, 3.05) is 13.1 Å². The van der Waals surface area contributed by atoms with E-state index in [0.717, 1.165) is 55.0 Å². The normalized spacial score (nSPS) is 17.5. The Hall–Kier alpha value is -1.82. The van der Waals surface area contributed by atoms with Crippen molar-refractivity contribution in [3.05, 3.63) is 54.2 Å². The van der Waals surface area contributed by atoms with Crippen molar-refractivity contribution >= 4 is 23.4 Å². The molecule has 134 valence electrons. The van der Waals surface area contributed by atoms with Gasteiger partial charge in [0.2, 0.25) is 0 Å². The van der Waals surface area contributed by atoms with E-state index in [4.69, 9.17) is 4.42 Å². The molecule has 0 aliphatic carbocycles. The molecule has 1 fully saturated rings. The van der Waals surface area contributed by atoms with Gasteiger partial charge in [-0.3, -0.25) is 9.88 Å². The molecule has 5 nitrogen and oxygen atoms in total. The molecule has 0 aromatic carbocycles. The van der Waals surface area contributed by atoms with Crippen molar-refractivity contribution in [3.8, 4) is 0 Å². The molecule has 0 bridgehead atoms. The average molecular weight is 362 g/mol. The number of furan rings is 1. The first-order chi connectivity index (χ1) is 11.6. The second-order valence-electron chi connectivity index (χ2n) is 6.86. The Bertz CT molecular complexity index is 834. The van der Waals surface area contributed by atoms with Gasteiger partial charge >= 0.3 is 0 Å². The number of aliphatic hydroxyl groups is 1. The van der Waals surface area contributed by atoms with Crippen LogP contribution in [0, 0.1) is 6.92 Å². The quantitative estimate of drug-likeness (QED) is 0.774. The molecule has 3 aromatic heterocycles. The van der Waals surface area contributed by atoms with Crippen molar-refractivity contribution < 1.29 is 9.52 Å². The predicted octanol–water partition coefficient (Wildman–Crippen LogP) is 3.39. The van der Waals surface area contributed by atoms with Gasteiger partial charge in [0.05, 0.1) is 29.7 Å². The van der Waals surface area contributed by atoms with Gasteiger partial charge in [-0.05, 0) is 50.1 Å². The third-order valence-corrected chi connectivity index (χ3v) is 4.96. The summed E-state index contributed by atoms with van der Waals surface area (Å²) in [5.41, 5.74) is 1.41. The number of piperidine rings is 1. The molecule has 0 unspecified atom stereocenters. The molecule has 1 saturated heterocycles. The second kappa shape index (κ2) is 7.20. The topological polar surface area (TPSA) is 54.4 Å². The first kappa shape index (κ1) is 18.0. The highest BCUT2D eigenvalue weighted by molar-refractivity contribution is 5.85. The third kappa shape index (κ3) is 3.89. The molecule has 4 rings (SSSR count). The monoisotopic (exact) mass is 361 g/mol. The maximum absolute atomic E-state index is 11.0. The average Bonchev–Trinajstić information content (AvgIpc) is 3.17. The van der Waals surface area contributed by atoms with Gasteiger partial charge in [0.25, 0.3) is 0 Å². The molecule has 0 spiro atoms. The van der Waals surface area contributed by atoms with E-state index < -0.39 is 5.60 Å². The zero-order valence-electron chi connectivity index (χ0n) is 14.4. The predicted molar refractivity (Wildman–Crippen MR) is 99.9 cm³/mol. The molecule has 0 amide bonds. The summed E-state index contributed by atoms with van der Waals surface area (Å²) in [6.07, 6.45) is 5.36. The summed E-state index contributed by atoms with van der Waals surface area (Å²) in [6.45, 7) is 5.17. The summed E-state index contributed by atoms with van der Waals surface area (Å²) in [7, 11) is 0. The van der Waals surface area contributed by atoms with Crippen LogP contribution in [-0.4, -0.2) is 38.2 Å². The standard InChI is InChI=1S/C19H23N3O2.ClH/c1-15-4-5-16(24-15)13-21-11-7-19(23,8-12-21)14-22-10-6-17-18(22)3-2-9-20-17;/h2-6,9-10,23H,7-8,11-14H2,1H3;1H. The van der Waals surface area contributed by atoms with Crippen LogP contribution in [0.5, 0.6) is 0 Å². The van der Waals surface area contributed by atoms with E-state index in [-0.39, 0.29) is 12.4 Å². The van der Waals surface area contributed by atoms with Crippen molar-refractivity contribution in [3.63, 3.8) is 0 Å². The molecule has 1 aliphatic heterocycles. The third-order valence-electron chi connectivity index (χ3n) is 4.96. The number of rotatable bonds is 4. The van der Waals surface area contributed by atoms with Crippen molar-refractivity contribution in [1.29, 1.82) is 0 Å². The maximum Gasteiger partial charge on any atom is 0.118 e. The molecule has 6 heteroatoms. The van der Waals surface area contributed by atoms with E-state index in [1.54, 1.807) is 6.20 Å². The van der Waals surface area contributed by atoms with Crippen molar-refractivity contribution in [2.24, 2.45) is 0 Å². The van der Waals surface area contributed by atoms with E-state index in [1.165, 1.54) is 0 Å². The number of halogens is 1. The zero-order valence-corrected chi connectivity index (χ0v) is 15.2. The van der Waals surface area contributed by atoms with Crippen LogP contribution in [0.2, 0.25) is 0 Å². The van der Waals surface area contributed by atoms with Crippen molar-refractivity contribution in [2.45, 2.75) is 38.5 Å². The number of fused-ring (bicyclic) bond motifs is 1. The lowest BCUT2D eigenvalue weighted by molar-refractivity contribution is -0.0360. The number of aryl methyl sites for hydroxylation is 1. The van der Waals surface area contributed by atoms with Gasteiger partial charge in [-0.15, -0.1) is 12.4 Å². The maximum atomic E-state index is 11.0. The fraction of sp³-hybridized carbons (Fsp3) is 0.421. The van der Waals surface area contributed by atoms with Gasteiger partial charge in [-0.25, -0.2) is 0 Å². The van der Waals surface area contributed by atoms with Crippen LogP contribution >= 0.6 is 12.4 Å². The summed E-state index contributed by atoms with van der Waals surface area (Å²) < 4.78 is 7.78. The van der Waals surface area contributed by atoms with Crippen LogP contribution in [0.4, 0.5) is 0 Å². The number of nitrogens with zero attached hydrogens (tertiary/aromatic N) is 3. The minimum Gasteiger partial charge on any atom is -0.465 e. The van der Waals surface area contributed by atoms with Crippen LogP contribution in [0.1, 0.15) is 24.4 Å². The van der Waals surface area contributed by atoms with Crippen molar-refractivity contribution in [1.82, 2.24) is 14.5 Å². The minimum absolute atomic E-state index is 0. The van der Waals surface area contributed by atoms with Crippen LogP contribution in [-0.2, 0) is 13.1 Å². The largest absolute Gasteiger partial charge is 0.465 e. The summed E-state index contributed by atoms with van der Waals surface area (Å²) in [5.74, 6) is 1.95. The van der Waals surface area contributed by atoms with E-state index in [0.29, 0.717) is 6.54 Å². The number of hydrogen-bond donors (Lipinski definition) is 1. The fourth-order valence-electron chi connectivity index (χ4n) is 3.55. The van der Waals surface area contributed by atoms with Gasteiger partial charge < -0.3 is 14.1 Å². The molecule has 0 saturated carbocycles. The molecule has 0 radical (unpaired) electrons. The Kier molecular flexibility index (Phi) is 5.18. The molecule has 25 heavy (non-hydrogen) atoms. The summed E-state index contributed by atoms with van der Waals surface area (Å²) in [4.78, 5) is 6.71. The molecule has 3 aromatic rings. The number of aromatic nitrogens is 2. The van der Waals surface area contributed by atoms with Crippen LogP contribution in [0.25, 0.3) is 11.0 Å².